The maximum absolute atomic E-state index is 11.0. The van der Waals surface area contributed by atoms with E-state index in [4.69, 9.17) is 0 Å². The highest BCUT2D eigenvalue weighted by Gasteiger charge is 2.13. The van der Waals surface area contributed by atoms with Crippen LogP contribution in [0.4, 0.5) is 5.69 Å². The average molecular weight is 235 g/mol. The first-order valence-electron chi connectivity index (χ1n) is 4.81. The molecule has 0 amide bonds. The monoisotopic (exact) mass is 235 g/mol. The van der Waals surface area contributed by atoms with Crippen LogP contribution in [-0.4, -0.2) is 10.7 Å². The minimum Gasteiger partial charge on any atom is -0.295 e. The fourth-order valence-electron chi connectivity index (χ4n) is 1.44. The molecule has 0 aliphatic heterocycles. The Bertz CT molecular complexity index is 465. The SMILES string of the molecule is O=C1C=C(Sc2ccc([N+](=O)[O-])cc2)CC1. The van der Waals surface area contributed by atoms with Gasteiger partial charge in [0.15, 0.2) is 5.78 Å². The summed E-state index contributed by atoms with van der Waals surface area (Å²) in [5.74, 6) is 0.157. The lowest BCUT2D eigenvalue weighted by Gasteiger charge is -2.00. The molecule has 0 bridgehead atoms. The minimum atomic E-state index is -0.424. The highest BCUT2D eigenvalue weighted by molar-refractivity contribution is 8.03. The molecule has 0 spiro atoms. The van der Waals surface area contributed by atoms with Crippen LogP contribution in [0.5, 0.6) is 0 Å². The third-order valence-electron chi connectivity index (χ3n) is 2.24. The summed E-state index contributed by atoms with van der Waals surface area (Å²) in [7, 11) is 0. The number of carbonyl (C=O) groups excluding carboxylic acids is 1. The molecule has 1 aromatic carbocycles. The molecule has 5 heteroatoms. The lowest BCUT2D eigenvalue weighted by Crippen LogP contribution is -1.86. The molecule has 0 heterocycles. The van der Waals surface area contributed by atoms with Crippen LogP contribution < -0.4 is 0 Å². The van der Waals surface area contributed by atoms with E-state index in [9.17, 15) is 14.9 Å². The molecule has 0 N–H and O–H groups in total. The summed E-state index contributed by atoms with van der Waals surface area (Å²) < 4.78 is 0. The molecule has 0 radical (unpaired) electrons. The summed E-state index contributed by atoms with van der Waals surface area (Å²) in [6, 6.07) is 6.35. The first-order valence-corrected chi connectivity index (χ1v) is 5.62. The number of nitro groups is 1. The lowest BCUT2D eigenvalue weighted by atomic mass is 10.3. The Labute approximate surface area is 96.5 Å². The van der Waals surface area contributed by atoms with Crippen LogP contribution in [0.25, 0.3) is 0 Å². The number of allylic oxidation sites excluding steroid dienone is 2. The summed E-state index contributed by atoms with van der Waals surface area (Å²) in [4.78, 5) is 23.0. The summed E-state index contributed by atoms with van der Waals surface area (Å²) in [5, 5.41) is 10.4. The molecule has 0 saturated carbocycles. The Hall–Kier alpha value is -1.62. The Kier molecular flexibility index (Phi) is 3.05. The molecular formula is C11H9NO3S. The van der Waals surface area contributed by atoms with Crippen molar-refractivity contribution in [3.8, 4) is 0 Å². The van der Waals surface area contributed by atoms with Crippen molar-refractivity contribution < 1.29 is 9.72 Å². The number of thioether (sulfide) groups is 1. The highest BCUT2D eigenvalue weighted by atomic mass is 32.2. The van der Waals surface area contributed by atoms with Crippen molar-refractivity contribution in [2.24, 2.45) is 0 Å². The second-order valence-corrected chi connectivity index (χ2v) is 4.63. The molecule has 2 rings (SSSR count). The molecule has 0 aromatic heterocycles. The van der Waals surface area contributed by atoms with Crippen molar-refractivity contribution in [2.45, 2.75) is 17.7 Å². The van der Waals surface area contributed by atoms with Crippen LogP contribution in [0, 0.1) is 10.1 Å². The number of hydrogen-bond acceptors (Lipinski definition) is 4. The largest absolute Gasteiger partial charge is 0.295 e. The maximum Gasteiger partial charge on any atom is 0.269 e. The topological polar surface area (TPSA) is 60.2 Å². The molecule has 0 saturated heterocycles. The second-order valence-electron chi connectivity index (χ2n) is 3.43. The molecule has 0 unspecified atom stereocenters. The van der Waals surface area contributed by atoms with Gasteiger partial charge in [0.2, 0.25) is 0 Å². The molecular weight excluding hydrogens is 226 g/mol. The zero-order chi connectivity index (χ0) is 11.5. The van der Waals surface area contributed by atoms with Gasteiger partial charge in [-0.25, -0.2) is 0 Å². The number of ketones is 1. The summed E-state index contributed by atoms with van der Waals surface area (Å²) >= 11 is 1.49. The van der Waals surface area contributed by atoms with E-state index in [2.05, 4.69) is 0 Å². The third kappa shape index (κ3) is 2.49. The molecule has 0 atom stereocenters. The normalized spacial score (nSPS) is 15.0. The van der Waals surface area contributed by atoms with Gasteiger partial charge in [0.05, 0.1) is 4.92 Å². The van der Waals surface area contributed by atoms with E-state index in [1.165, 1.54) is 23.9 Å². The van der Waals surface area contributed by atoms with Crippen molar-refractivity contribution in [1.82, 2.24) is 0 Å². The van der Waals surface area contributed by atoms with Gasteiger partial charge in [-0.2, -0.15) is 0 Å². The minimum absolute atomic E-state index is 0.0841. The smallest absolute Gasteiger partial charge is 0.269 e. The molecule has 1 aliphatic carbocycles. The van der Waals surface area contributed by atoms with Gasteiger partial charge in [0.25, 0.3) is 5.69 Å². The number of benzene rings is 1. The van der Waals surface area contributed by atoms with E-state index in [1.807, 2.05) is 0 Å². The quantitative estimate of drug-likeness (QED) is 0.597. The van der Waals surface area contributed by atoms with Crippen LogP contribution in [0.15, 0.2) is 40.1 Å². The first-order chi connectivity index (χ1) is 7.65. The van der Waals surface area contributed by atoms with E-state index in [-0.39, 0.29) is 11.5 Å². The van der Waals surface area contributed by atoms with Crippen molar-refractivity contribution in [2.75, 3.05) is 0 Å². The van der Waals surface area contributed by atoms with Gasteiger partial charge < -0.3 is 0 Å². The van der Waals surface area contributed by atoms with Gasteiger partial charge in [-0.15, -0.1) is 0 Å². The van der Waals surface area contributed by atoms with E-state index < -0.39 is 4.92 Å². The van der Waals surface area contributed by atoms with Crippen LogP contribution in [-0.2, 0) is 4.79 Å². The number of carbonyl (C=O) groups is 1. The number of nitrogens with zero attached hydrogens (tertiary/aromatic N) is 1. The molecule has 1 aliphatic rings. The fourth-order valence-corrected chi connectivity index (χ4v) is 2.41. The highest BCUT2D eigenvalue weighted by Crippen LogP contribution is 2.33. The number of nitro benzene ring substituents is 1. The van der Waals surface area contributed by atoms with Gasteiger partial charge in [-0.1, -0.05) is 11.8 Å². The average Bonchev–Trinajstić information content (AvgIpc) is 2.65. The van der Waals surface area contributed by atoms with Crippen molar-refractivity contribution >= 4 is 23.2 Å². The predicted octanol–water partition coefficient (Wildman–Crippen LogP) is 2.93. The third-order valence-corrected chi connectivity index (χ3v) is 3.33. The zero-order valence-electron chi connectivity index (χ0n) is 8.38. The predicted molar refractivity (Wildman–Crippen MR) is 61.3 cm³/mol. The van der Waals surface area contributed by atoms with E-state index in [1.54, 1.807) is 18.2 Å². The maximum atomic E-state index is 11.0. The van der Waals surface area contributed by atoms with E-state index in [0.29, 0.717) is 6.42 Å². The summed E-state index contributed by atoms with van der Waals surface area (Å²) in [6.07, 6.45) is 3.00. The number of non-ortho nitro benzene ring substituents is 1. The van der Waals surface area contributed by atoms with Gasteiger partial charge in [-0.3, -0.25) is 14.9 Å². The number of hydrogen-bond donors (Lipinski definition) is 0. The van der Waals surface area contributed by atoms with Crippen LogP contribution in [0.1, 0.15) is 12.8 Å². The van der Waals surface area contributed by atoms with Crippen molar-refractivity contribution in [1.29, 1.82) is 0 Å². The summed E-state index contributed by atoms with van der Waals surface area (Å²) in [6.45, 7) is 0. The Morgan fingerprint density at radius 2 is 1.88 bits per heavy atom. The lowest BCUT2D eigenvalue weighted by molar-refractivity contribution is -0.384. The standard InChI is InChI=1S/C11H9NO3S/c13-9-3-6-11(7-9)16-10-4-1-8(2-5-10)12(14)15/h1-2,4-5,7H,3,6H2. The summed E-state index contributed by atoms with van der Waals surface area (Å²) in [5.41, 5.74) is 0.0841. The zero-order valence-corrected chi connectivity index (χ0v) is 9.20. The molecule has 16 heavy (non-hydrogen) atoms. The molecule has 0 fully saturated rings. The van der Waals surface area contributed by atoms with Gasteiger partial charge in [0, 0.05) is 23.4 Å². The first kappa shape index (κ1) is 10.9. The van der Waals surface area contributed by atoms with E-state index in [0.717, 1.165) is 16.2 Å². The van der Waals surface area contributed by atoms with Gasteiger partial charge >= 0.3 is 0 Å². The molecule has 82 valence electrons. The van der Waals surface area contributed by atoms with Crippen LogP contribution in [0.2, 0.25) is 0 Å². The van der Waals surface area contributed by atoms with Crippen molar-refractivity contribution in [3.63, 3.8) is 0 Å². The van der Waals surface area contributed by atoms with Crippen LogP contribution in [0.3, 0.4) is 0 Å². The second kappa shape index (κ2) is 4.49. The van der Waals surface area contributed by atoms with Crippen LogP contribution >= 0.6 is 11.8 Å². The Morgan fingerprint density at radius 1 is 1.19 bits per heavy atom. The molecule has 1 aromatic rings. The Morgan fingerprint density at radius 3 is 2.38 bits per heavy atom. The van der Waals surface area contributed by atoms with E-state index >= 15 is 0 Å². The number of rotatable bonds is 3. The fraction of sp³-hybridized carbons (Fsp3) is 0.182. The van der Waals surface area contributed by atoms with Crippen molar-refractivity contribution in [3.05, 3.63) is 45.4 Å². The molecule has 4 nitrogen and oxygen atoms in total. The van der Waals surface area contributed by atoms with Gasteiger partial charge in [-0.05, 0) is 29.5 Å². The Balaban J connectivity index is 2.08. The van der Waals surface area contributed by atoms with Gasteiger partial charge in [0.1, 0.15) is 0 Å².